The van der Waals surface area contributed by atoms with E-state index in [1.165, 1.54) is 0 Å². The van der Waals surface area contributed by atoms with E-state index < -0.39 is 148 Å². The van der Waals surface area contributed by atoms with E-state index in [9.17, 15) is 50.0 Å². The summed E-state index contributed by atoms with van der Waals surface area (Å²) in [6.07, 6.45) is -25.0. The van der Waals surface area contributed by atoms with Crippen LogP contribution in [0.3, 0.4) is 0 Å². The Morgan fingerprint density at radius 1 is 0.714 bits per heavy atom. The van der Waals surface area contributed by atoms with Gasteiger partial charge in [-0.2, -0.15) is 0 Å². The lowest BCUT2D eigenvalue weighted by Gasteiger charge is -2.48. The lowest BCUT2D eigenvalue weighted by molar-refractivity contribution is -0.308. The second-order valence-electron chi connectivity index (χ2n) is 15.4. The molecule has 5 fully saturated rings. The standard InChI is InChI=1S/C32H61FN8O15/c33-11(4-34)19(43)29(50)41-13-3-12(37)26(54-31-18(39)24(48)22(46)15(52-31)7-40-6-9-1-10(36)2-9)28(20(13)44)56-32-25(49)27(16(8-42)53-32)55-30-17(38)23(47)21(45)14(5-35)51-30/h9-28,30-32,40,42-49H,1-8,34-39H2,(H,41,50)/t9?,10?,11-,12+,13-,14+,15-,16-,17-,18-,19+,20+,21-,22-,23-,24-,25-,26-,27-,28-,30-,31-,32+/m1/s1. The normalized spacial score (nSPS) is 48.2. The summed E-state index contributed by atoms with van der Waals surface area (Å²) < 4.78 is 49.6. The predicted octanol–water partition coefficient (Wildman–Crippen LogP) is -9.71. The number of carbonyl (C=O) groups is 1. The summed E-state index contributed by atoms with van der Waals surface area (Å²) in [6.45, 7) is -0.982. The van der Waals surface area contributed by atoms with Gasteiger partial charge in [-0.25, -0.2) is 4.39 Å². The summed E-state index contributed by atoms with van der Waals surface area (Å²) in [5.74, 6) is -0.882. The number of nitrogens with one attached hydrogen (secondary N) is 2. The Hall–Kier alpha value is -1.44. The van der Waals surface area contributed by atoms with Crippen molar-refractivity contribution in [3.8, 4) is 0 Å². The maximum Gasteiger partial charge on any atom is 0.252 e. The molecule has 0 aromatic carbocycles. The van der Waals surface area contributed by atoms with Crippen molar-refractivity contribution in [3.63, 3.8) is 0 Å². The predicted molar refractivity (Wildman–Crippen MR) is 187 cm³/mol. The molecular weight excluding hydrogens is 755 g/mol. The average Bonchev–Trinajstić information content (AvgIpc) is 3.46. The van der Waals surface area contributed by atoms with Crippen LogP contribution in [-0.4, -0.2) is 214 Å². The third-order valence-electron chi connectivity index (χ3n) is 11.3. The third-order valence-corrected chi connectivity index (χ3v) is 11.3. The van der Waals surface area contributed by atoms with Gasteiger partial charge >= 0.3 is 0 Å². The van der Waals surface area contributed by atoms with E-state index >= 15 is 0 Å². The van der Waals surface area contributed by atoms with E-state index in [0.29, 0.717) is 12.5 Å². The molecule has 326 valence electrons. The number of nitrogens with two attached hydrogens (primary N) is 6. The molecule has 5 aliphatic rings. The van der Waals surface area contributed by atoms with Gasteiger partial charge in [-0.1, -0.05) is 0 Å². The number of halogens is 1. The Morgan fingerprint density at radius 2 is 1.27 bits per heavy atom. The van der Waals surface area contributed by atoms with Crippen LogP contribution in [0.5, 0.6) is 0 Å². The van der Waals surface area contributed by atoms with Crippen LogP contribution in [-0.2, 0) is 33.2 Å². The fourth-order valence-corrected chi connectivity index (χ4v) is 7.77. The molecule has 3 saturated heterocycles. The van der Waals surface area contributed by atoms with Gasteiger partial charge in [-0.15, -0.1) is 0 Å². The highest BCUT2D eigenvalue weighted by atomic mass is 19.1. The Morgan fingerprint density at radius 3 is 1.84 bits per heavy atom. The molecule has 21 atom stereocenters. The highest BCUT2D eigenvalue weighted by Gasteiger charge is 2.55. The van der Waals surface area contributed by atoms with Gasteiger partial charge in [-0.3, -0.25) is 4.79 Å². The van der Waals surface area contributed by atoms with E-state index in [-0.39, 0.29) is 25.6 Å². The van der Waals surface area contributed by atoms with Crippen LogP contribution >= 0.6 is 0 Å². The SMILES string of the molecule is NC[C@@H](F)[C@H](O)C(=O)N[C@@H]1C[C@H](N)[C@@H](O[C@H]2O[C@H](CNCC3CC(N)C3)[C@@H](O)[C@H](O)[C@H]2N)[C@H](O[C@@H]2O[C@H](CO)[C@@H](O[C@H]3O[C@@H](CN)[C@@H](O)[C@H](O)[C@H]3N)[C@H]2O)[C@H]1O. The van der Waals surface area contributed by atoms with Crippen LogP contribution in [0.1, 0.15) is 19.3 Å². The molecular formula is C32H61FN8O15. The van der Waals surface area contributed by atoms with Crippen LogP contribution in [0.4, 0.5) is 4.39 Å². The van der Waals surface area contributed by atoms with Gasteiger partial charge in [0.1, 0.15) is 79.4 Å². The molecule has 2 saturated carbocycles. The number of alkyl halides is 1. The fraction of sp³-hybridized carbons (Fsp3) is 0.969. The van der Waals surface area contributed by atoms with E-state index in [0.717, 1.165) is 12.8 Å². The highest BCUT2D eigenvalue weighted by Crippen LogP contribution is 2.35. The highest BCUT2D eigenvalue weighted by molar-refractivity contribution is 5.81. The Labute approximate surface area is 322 Å². The topological polar surface area (TPSA) is 414 Å². The van der Waals surface area contributed by atoms with Crippen molar-refractivity contribution in [1.29, 1.82) is 0 Å². The number of hydrogen-bond acceptors (Lipinski definition) is 22. The summed E-state index contributed by atoms with van der Waals surface area (Å²) >= 11 is 0. The smallest absolute Gasteiger partial charge is 0.252 e. The summed E-state index contributed by atoms with van der Waals surface area (Å²) in [7, 11) is 0. The molecule has 0 bridgehead atoms. The van der Waals surface area contributed by atoms with Crippen molar-refractivity contribution in [2.75, 3.05) is 32.8 Å². The second kappa shape index (κ2) is 19.7. The molecule has 56 heavy (non-hydrogen) atoms. The molecule has 2 aliphatic carbocycles. The van der Waals surface area contributed by atoms with Crippen molar-refractivity contribution in [1.82, 2.24) is 10.6 Å². The van der Waals surface area contributed by atoms with Crippen molar-refractivity contribution in [2.24, 2.45) is 40.3 Å². The van der Waals surface area contributed by atoms with Crippen LogP contribution < -0.4 is 45.0 Å². The Balaban J connectivity index is 1.34. The number of aliphatic hydroxyl groups excluding tert-OH is 8. The quantitative estimate of drug-likeness (QED) is 0.0687. The van der Waals surface area contributed by atoms with Gasteiger partial charge in [0.2, 0.25) is 0 Å². The van der Waals surface area contributed by atoms with E-state index in [2.05, 4.69) is 10.6 Å². The minimum atomic E-state index is -2.19. The minimum Gasteiger partial charge on any atom is -0.394 e. The summed E-state index contributed by atoms with van der Waals surface area (Å²) in [5.41, 5.74) is 35.6. The molecule has 0 aromatic rings. The zero-order valence-electron chi connectivity index (χ0n) is 30.7. The summed E-state index contributed by atoms with van der Waals surface area (Å²) in [5, 5.41) is 91.2. The Bertz CT molecular complexity index is 1260. The lowest BCUT2D eigenvalue weighted by atomic mass is 9.81. The van der Waals surface area contributed by atoms with E-state index in [4.69, 9.17) is 62.8 Å². The minimum absolute atomic E-state index is 0.0903. The summed E-state index contributed by atoms with van der Waals surface area (Å²) in [4.78, 5) is 12.8. The van der Waals surface area contributed by atoms with Gasteiger partial charge in [-0.05, 0) is 31.7 Å². The van der Waals surface area contributed by atoms with Gasteiger partial charge in [0.25, 0.3) is 5.91 Å². The first-order chi connectivity index (χ1) is 26.5. The molecule has 23 nitrogen and oxygen atoms in total. The van der Waals surface area contributed by atoms with Gasteiger partial charge < -0.3 is 114 Å². The molecule has 5 rings (SSSR count). The van der Waals surface area contributed by atoms with E-state index in [1.54, 1.807) is 0 Å². The molecule has 0 radical (unpaired) electrons. The molecule has 0 spiro atoms. The van der Waals surface area contributed by atoms with Crippen molar-refractivity contribution in [2.45, 2.75) is 154 Å². The number of amides is 1. The molecule has 3 heterocycles. The van der Waals surface area contributed by atoms with Crippen LogP contribution in [0.2, 0.25) is 0 Å². The first-order valence-corrected chi connectivity index (χ1v) is 18.9. The zero-order valence-corrected chi connectivity index (χ0v) is 30.7. The fourth-order valence-electron chi connectivity index (χ4n) is 7.77. The molecule has 0 aromatic heterocycles. The Kier molecular flexibility index (Phi) is 16.1. The summed E-state index contributed by atoms with van der Waals surface area (Å²) in [6, 6.07) is -5.03. The maximum atomic E-state index is 14.1. The average molecular weight is 817 g/mol. The largest absolute Gasteiger partial charge is 0.394 e. The molecule has 22 N–H and O–H groups in total. The zero-order chi connectivity index (χ0) is 41.2. The van der Waals surface area contributed by atoms with Crippen LogP contribution in [0.25, 0.3) is 0 Å². The number of rotatable bonds is 16. The van der Waals surface area contributed by atoms with Gasteiger partial charge in [0, 0.05) is 31.7 Å². The van der Waals surface area contributed by atoms with Gasteiger partial charge in [0.05, 0.1) is 24.7 Å². The van der Waals surface area contributed by atoms with Gasteiger partial charge in [0.15, 0.2) is 25.0 Å². The van der Waals surface area contributed by atoms with Crippen molar-refractivity contribution < 1.29 is 78.5 Å². The lowest BCUT2D eigenvalue weighted by Crippen LogP contribution is -2.69. The first-order valence-electron chi connectivity index (χ1n) is 18.9. The number of hydrogen-bond donors (Lipinski definition) is 16. The molecule has 1 amide bonds. The van der Waals surface area contributed by atoms with E-state index in [1.807, 2.05) is 0 Å². The molecule has 0 unspecified atom stereocenters. The molecule has 3 aliphatic heterocycles. The number of carbonyl (C=O) groups excluding carboxylic acids is 1. The maximum absolute atomic E-state index is 14.1. The third kappa shape index (κ3) is 9.94. The first kappa shape index (κ1) is 45.6. The number of aliphatic hydroxyl groups is 8. The van der Waals surface area contributed by atoms with Crippen LogP contribution in [0.15, 0.2) is 0 Å². The number of ether oxygens (including phenoxy) is 6. The molecule has 24 heteroatoms. The second-order valence-corrected chi connectivity index (χ2v) is 15.4. The van der Waals surface area contributed by atoms with Crippen molar-refractivity contribution >= 4 is 5.91 Å². The van der Waals surface area contributed by atoms with Crippen molar-refractivity contribution in [3.05, 3.63) is 0 Å². The monoisotopic (exact) mass is 816 g/mol. The van der Waals surface area contributed by atoms with Crippen LogP contribution in [0, 0.1) is 5.92 Å².